The van der Waals surface area contributed by atoms with Crippen LogP contribution in [0.3, 0.4) is 0 Å². The van der Waals surface area contributed by atoms with Crippen LogP contribution in [0.2, 0.25) is 0 Å². The van der Waals surface area contributed by atoms with Crippen molar-refractivity contribution >= 4 is 27.8 Å². The first kappa shape index (κ1) is 17.1. The lowest BCUT2D eigenvalue weighted by atomic mass is 10.0. The molecule has 0 fully saturated rings. The van der Waals surface area contributed by atoms with Gasteiger partial charge in [0.1, 0.15) is 5.52 Å². The van der Waals surface area contributed by atoms with Crippen LogP contribution < -0.4 is 0 Å². The summed E-state index contributed by atoms with van der Waals surface area (Å²) in [4.78, 5) is 16.1. The average molecular weight is 379 g/mol. The monoisotopic (exact) mass is 379 g/mol. The highest BCUT2D eigenvalue weighted by molar-refractivity contribution is 6.15. The zero-order valence-corrected chi connectivity index (χ0v) is 15.7. The Morgan fingerprint density at radius 2 is 1.69 bits per heavy atom. The summed E-state index contributed by atoms with van der Waals surface area (Å²) in [6.45, 7) is 2.05. The van der Waals surface area contributed by atoms with Gasteiger partial charge in [0.2, 0.25) is 0 Å². The number of aryl methyl sites for hydroxylation is 1. The molecule has 5 heteroatoms. The summed E-state index contributed by atoms with van der Waals surface area (Å²) < 4.78 is 1.91. The minimum Gasteiger partial charge on any atom is -0.478 e. The standard InChI is InChI=1S/C24H17N3O2/c1-15-10-12-16(13-11-15)23-21-18-8-5-9-19(24(28)29)22(18)25-14-20(21)26-27(23)17-6-3-2-4-7-17/h2-14H,1H3,(H,28,29). The smallest absolute Gasteiger partial charge is 0.337 e. The van der Waals surface area contributed by atoms with E-state index in [-0.39, 0.29) is 5.56 Å². The first-order chi connectivity index (χ1) is 14.1. The van der Waals surface area contributed by atoms with Gasteiger partial charge in [-0.05, 0) is 25.1 Å². The summed E-state index contributed by atoms with van der Waals surface area (Å²) >= 11 is 0. The van der Waals surface area contributed by atoms with Crippen molar-refractivity contribution in [2.75, 3.05) is 0 Å². The SMILES string of the molecule is Cc1ccc(-c2c3c(cnc4c(C(=O)O)cccc43)nn2-c2ccccc2)cc1. The number of carbonyl (C=O) groups is 1. The van der Waals surface area contributed by atoms with Crippen LogP contribution in [0.15, 0.2) is 79.0 Å². The number of para-hydroxylation sites is 2. The number of rotatable bonds is 3. The van der Waals surface area contributed by atoms with Gasteiger partial charge in [0, 0.05) is 16.3 Å². The third-order valence-corrected chi connectivity index (χ3v) is 5.09. The number of hydrogen-bond donors (Lipinski definition) is 1. The maximum absolute atomic E-state index is 11.7. The van der Waals surface area contributed by atoms with Gasteiger partial charge >= 0.3 is 5.97 Å². The van der Waals surface area contributed by atoms with Crippen LogP contribution >= 0.6 is 0 Å². The second-order valence-electron chi connectivity index (χ2n) is 6.99. The van der Waals surface area contributed by atoms with Crippen LogP contribution in [0.4, 0.5) is 0 Å². The van der Waals surface area contributed by atoms with E-state index >= 15 is 0 Å². The summed E-state index contributed by atoms with van der Waals surface area (Å²) in [7, 11) is 0. The number of hydrogen-bond acceptors (Lipinski definition) is 3. The minimum absolute atomic E-state index is 0.187. The van der Waals surface area contributed by atoms with Crippen LogP contribution in [0.5, 0.6) is 0 Å². The number of fused-ring (bicyclic) bond motifs is 3. The molecule has 0 saturated heterocycles. The Hall–Kier alpha value is -3.99. The van der Waals surface area contributed by atoms with Crippen molar-refractivity contribution in [3.63, 3.8) is 0 Å². The molecule has 0 unspecified atom stereocenters. The number of aromatic nitrogens is 3. The van der Waals surface area contributed by atoms with Crippen molar-refractivity contribution in [3.05, 3.63) is 90.1 Å². The van der Waals surface area contributed by atoms with E-state index in [0.29, 0.717) is 5.52 Å². The van der Waals surface area contributed by atoms with Gasteiger partial charge in [0.05, 0.1) is 28.7 Å². The molecule has 0 saturated carbocycles. The molecule has 2 heterocycles. The van der Waals surface area contributed by atoms with Gasteiger partial charge in [0.15, 0.2) is 0 Å². The molecule has 2 aromatic heterocycles. The predicted octanol–water partition coefficient (Wildman–Crippen LogP) is 5.25. The highest BCUT2D eigenvalue weighted by Crippen LogP contribution is 2.36. The molecule has 0 atom stereocenters. The third-order valence-electron chi connectivity index (χ3n) is 5.09. The van der Waals surface area contributed by atoms with Crippen molar-refractivity contribution in [3.8, 4) is 16.9 Å². The second kappa shape index (κ2) is 6.56. The molecule has 5 nitrogen and oxygen atoms in total. The number of carboxylic acid groups (broad SMARTS) is 1. The molecule has 0 amide bonds. The zero-order chi connectivity index (χ0) is 20.0. The summed E-state index contributed by atoms with van der Waals surface area (Å²) in [5.41, 5.74) is 5.40. The van der Waals surface area contributed by atoms with Gasteiger partial charge in [-0.3, -0.25) is 4.98 Å². The van der Waals surface area contributed by atoms with Crippen LogP contribution in [0.25, 0.3) is 38.8 Å². The van der Waals surface area contributed by atoms with E-state index in [2.05, 4.69) is 36.2 Å². The van der Waals surface area contributed by atoms with Gasteiger partial charge < -0.3 is 5.11 Å². The fraction of sp³-hybridized carbons (Fsp3) is 0.0417. The Morgan fingerprint density at radius 1 is 0.931 bits per heavy atom. The first-order valence-electron chi connectivity index (χ1n) is 9.30. The Kier molecular flexibility index (Phi) is 3.88. The molecule has 5 rings (SSSR count). The van der Waals surface area contributed by atoms with E-state index in [1.807, 2.05) is 41.1 Å². The summed E-state index contributed by atoms with van der Waals surface area (Å²) in [5, 5.41) is 16.1. The molecule has 1 N–H and O–H groups in total. The van der Waals surface area contributed by atoms with E-state index in [4.69, 9.17) is 5.10 Å². The Balaban J connectivity index is 1.94. The van der Waals surface area contributed by atoms with Crippen molar-refractivity contribution in [2.45, 2.75) is 6.92 Å². The zero-order valence-electron chi connectivity index (χ0n) is 15.7. The predicted molar refractivity (Wildman–Crippen MR) is 114 cm³/mol. The molecule has 0 aliphatic heterocycles. The third kappa shape index (κ3) is 2.75. The van der Waals surface area contributed by atoms with Crippen LogP contribution in [0, 0.1) is 6.92 Å². The molecule has 0 aliphatic rings. The highest BCUT2D eigenvalue weighted by atomic mass is 16.4. The Morgan fingerprint density at radius 3 is 2.41 bits per heavy atom. The maximum Gasteiger partial charge on any atom is 0.337 e. The van der Waals surface area contributed by atoms with E-state index < -0.39 is 5.97 Å². The number of pyridine rings is 1. The highest BCUT2D eigenvalue weighted by Gasteiger charge is 2.20. The summed E-state index contributed by atoms with van der Waals surface area (Å²) in [6.07, 6.45) is 1.65. The first-order valence-corrected chi connectivity index (χ1v) is 9.30. The van der Waals surface area contributed by atoms with Gasteiger partial charge in [0.25, 0.3) is 0 Å². The summed E-state index contributed by atoms with van der Waals surface area (Å²) in [5.74, 6) is -0.991. The average Bonchev–Trinajstić information content (AvgIpc) is 3.14. The molecule has 29 heavy (non-hydrogen) atoms. The fourth-order valence-corrected chi connectivity index (χ4v) is 3.71. The van der Waals surface area contributed by atoms with Crippen molar-refractivity contribution in [1.82, 2.24) is 14.8 Å². The van der Waals surface area contributed by atoms with E-state index in [1.165, 1.54) is 5.56 Å². The molecule has 140 valence electrons. The normalized spacial score (nSPS) is 11.2. The number of benzene rings is 3. The molecular weight excluding hydrogens is 362 g/mol. The quantitative estimate of drug-likeness (QED) is 0.465. The molecule has 0 bridgehead atoms. The molecule has 0 spiro atoms. The second-order valence-corrected chi connectivity index (χ2v) is 6.99. The van der Waals surface area contributed by atoms with Gasteiger partial charge in [-0.2, -0.15) is 5.10 Å². The maximum atomic E-state index is 11.7. The fourth-order valence-electron chi connectivity index (χ4n) is 3.71. The van der Waals surface area contributed by atoms with Crippen LogP contribution in [-0.2, 0) is 0 Å². The Bertz CT molecular complexity index is 1370. The lowest BCUT2D eigenvalue weighted by Gasteiger charge is -2.10. The van der Waals surface area contributed by atoms with E-state index in [0.717, 1.165) is 33.2 Å². The van der Waals surface area contributed by atoms with Crippen molar-refractivity contribution in [1.29, 1.82) is 0 Å². The molecule has 5 aromatic rings. The van der Waals surface area contributed by atoms with Crippen molar-refractivity contribution < 1.29 is 9.90 Å². The number of carboxylic acids is 1. The number of nitrogens with zero attached hydrogens (tertiary/aromatic N) is 3. The van der Waals surface area contributed by atoms with E-state index in [1.54, 1.807) is 18.3 Å². The molecule has 0 aliphatic carbocycles. The molecule has 3 aromatic carbocycles. The topological polar surface area (TPSA) is 68.0 Å². The molecular formula is C24H17N3O2. The largest absolute Gasteiger partial charge is 0.478 e. The lowest BCUT2D eigenvalue weighted by Crippen LogP contribution is -1.99. The van der Waals surface area contributed by atoms with Gasteiger partial charge in [-0.25, -0.2) is 9.48 Å². The number of aromatic carboxylic acids is 1. The Labute approximate surface area is 166 Å². The van der Waals surface area contributed by atoms with Gasteiger partial charge in [-0.1, -0.05) is 60.2 Å². The van der Waals surface area contributed by atoms with Crippen molar-refractivity contribution in [2.24, 2.45) is 0 Å². The lowest BCUT2D eigenvalue weighted by molar-refractivity contribution is 0.0699. The minimum atomic E-state index is -0.991. The molecule has 0 radical (unpaired) electrons. The van der Waals surface area contributed by atoms with Gasteiger partial charge in [-0.15, -0.1) is 0 Å². The van der Waals surface area contributed by atoms with Crippen LogP contribution in [-0.4, -0.2) is 25.8 Å². The van der Waals surface area contributed by atoms with Crippen LogP contribution in [0.1, 0.15) is 15.9 Å². The van der Waals surface area contributed by atoms with E-state index in [9.17, 15) is 9.90 Å². The summed E-state index contributed by atoms with van der Waals surface area (Å²) in [6, 6.07) is 23.4.